The summed E-state index contributed by atoms with van der Waals surface area (Å²) in [4.78, 5) is 23.2. The number of hydrogen-bond donors (Lipinski definition) is 2. The predicted molar refractivity (Wildman–Crippen MR) is 84.0 cm³/mol. The molecule has 1 atom stereocenters. The van der Waals surface area contributed by atoms with E-state index in [0.29, 0.717) is 37.4 Å². The molecule has 1 aliphatic rings. The summed E-state index contributed by atoms with van der Waals surface area (Å²) in [6.07, 6.45) is 4.52. The number of hydrogen-bond acceptors (Lipinski definition) is 4. The van der Waals surface area contributed by atoms with Crippen LogP contribution in [0.5, 0.6) is 5.75 Å². The molecule has 0 bridgehead atoms. The Morgan fingerprint density at radius 2 is 2.35 bits per heavy atom. The zero-order valence-corrected chi connectivity index (χ0v) is 12.6. The third-order valence-electron chi connectivity index (χ3n) is 3.56. The lowest BCUT2D eigenvalue weighted by molar-refractivity contribution is -0.122. The first-order chi connectivity index (χ1) is 11.2. The molecule has 23 heavy (non-hydrogen) atoms. The van der Waals surface area contributed by atoms with Crippen molar-refractivity contribution in [2.75, 3.05) is 11.9 Å². The van der Waals surface area contributed by atoms with E-state index >= 15 is 0 Å². The molecule has 1 aromatic carbocycles. The summed E-state index contributed by atoms with van der Waals surface area (Å²) in [6.45, 7) is 1.13. The molecule has 0 unspecified atom stereocenters. The molecule has 2 amide bonds. The molecule has 0 saturated carbocycles. The van der Waals surface area contributed by atoms with Gasteiger partial charge in [0.25, 0.3) is 0 Å². The molecule has 0 radical (unpaired) electrons. The molecule has 2 aromatic rings. The Morgan fingerprint density at radius 3 is 3.09 bits per heavy atom. The van der Waals surface area contributed by atoms with E-state index in [1.165, 1.54) is 0 Å². The molecule has 1 fully saturated rings. The Labute approximate surface area is 133 Å². The van der Waals surface area contributed by atoms with Crippen LogP contribution in [0.2, 0.25) is 0 Å². The number of anilines is 1. The van der Waals surface area contributed by atoms with Gasteiger partial charge >= 0.3 is 0 Å². The Hall–Kier alpha value is -2.83. The third kappa shape index (κ3) is 4.09. The van der Waals surface area contributed by atoms with Crippen LogP contribution in [0.3, 0.4) is 0 Å². The summed E-state index contributed by atoms with van der Waals surface area (Å²) in [5, 5.41) is 9.54. The van der Waals surface area contributed by atoms with E-state index in [-0.39, 0.29) is 11.8 Å². The molecule has 1 aromatic heterocycles. The summed E-state index contributed by atoms with van der Waals surface area (Å²) in [5.74, 6) is 0.385. The lowest BCUT2D eigenvalue weighted by atomic mass is 10.2. The summed E-state index contributed by atoms with van der Waals surface area (Å²) in [7, 11) is 0. The van der Waals surface area contributed by atoms with E-state index in [0.717, 1.165) is 0 Å². The molecule has 0 aliphatic carbocycles. The van der Waals surface area contributed by atoms with E-state index in [1.54, 1.807) is 23.0 Å². The third-order valence-corrected chi connectivity index (χ3v) is 3.56. The normalized spacial score (nSPS) is 16.9. The quantitative estimate of drug-likeness (QED) is 0.838. The Balaban J connectivity index is 1.52. The van der Waals surface area contributed by atoms with Crippen molar-refractivity contribution in [2.45, 2.75) is 25.4 Å². The maximum absolute atomic E-state index is 12.1. The Morgan fingerprint density at radius 1 is 1.43 bits per heavy atom. The molecule has 1 saturated heterocycles. The SMILES string of the molecule is O=C1CC[C@H](C(=O)Nc2cccc(OCCn3cccn3)c2)N1. The molecule has 0 spiro atoms. The fourth-order valence-electron chi connectivity index (χ4n) is 2.39. The van der Waals surface area contributed by atoms with Crippen molar-refractivity contribution in [2.24, 2.45) is 0 Å². The van der Waals surface area contributed by atoms with Gasteiger partial charge in [-0.25, -0.2) is 0 Å². The number of benzene rings is 1. The van der Waals surface area contributed by atoms with E-state index in [9.17, 15) is 9.59 Å². The average molecular weight is 314 g/mol. The highest BCUT2D eigenvalue weighted by Gasteiger charge is 2.27. The molecule has 7 heteroatoms. The predicted octanol–water partition coefficient (Wildman–Crippen LogP) is 1.18. The van der Waals surface area contributed by atoms with Gasteiger partial charge in [0, 0.05) is 30.6 Å². The number of carbonyl (C=O) groups excluding carboxylic acids is 2. The van der Waals surface area contributed by atoms with Crippen LogP contribution in [0.4, 0.5) is 5.69 Å². The van der Waals surface area contributed by atoms with Crippen molar-refractivity contribution in [1.29, 1.82) is 0 Å². The highest BCUT2D eigenvalue weighted by Crippen LogP contribution is 2.18. The first-order valence-electron chi connectivity index (χ1n) is 7.51. The minimum atomic E-state index is -0.452. The number of amides is 2. The number of nitrogens with one attached hydrogen (secondary N) is 2. The smallest absolute Gasteiger partial charge is 0.246 e. The van der Waals surface area contributed by atoms with Crippen molar-refractivity contribution in [3.8, 4) is 5.75 Å². The van der Waals surface area contributed by atoms with Gasteiger partial charge in [-0.05, 0) is 24.6 Å². The highest BCUT2D eigenvalue weighted by molar-refractivity contribution is 5.99. The van der Waals surface area contributed by atoms with Crippen LogP contribution in [-0.2, 0) is 16.1 Å². The molecule has 120 valence electrons. The molecule has 7 nitrogen and oxygen atoms in total. The molecule has 3 rings (SSSR count). The van der Waals surface area contributed by atoms with Crippen molar-refractivity contribution >= 4 is 17.5 Å². The van der Waals surface area contributed by atoms with Crippen LogP contribution >= 0.6 is 0 Å². The summed E-state index contributed by atoms with van der Waals surface area (Å²) in [6, 6.07) is 8.60. The van der Waals surface area contributed by atoms with Crippen molar-refractivity contribution < 1.29 is 14.3 Å². The monoisotopic (exact) mass is 314 g/mol. The Kier molecular flexibility index (Phi) is 4.56. The number of aromatic nitrogens is 2. The summed E-state index contributed by atoms with van der Waals surface area (Å²) in [5.41, 5.74) is 0.646. The standard InChI is InChI=1S/C16H18N4O3/c21-15-6-5-14(19-15)16(22)18-12-3-1-4-13(11-12)23-10-9-20-8-2-7-17-20/h1-4,7-8,11,14H,5-6,9-10H2,(H,18,22)(H,19,21)/t14-/m1/s1. The van der Waals surface area contributed by atoms with Gasteiger partial charge in [0.15, 0.2) is 0 Å². The van der Waals surface area contributed by atoms with E-state index < -0.39 is 6.04 Å². The second kappa shape index (κ2) is 6.95. The van der Waals surface area contributed by atoms with E-state index in [2.05, 4.69) is 15.7 Å². The number of carbonyl (C=O) groups is 2. The van der Waals surface area contributed by atoms with Gasteiger partial charge in [0.1, 0.15) is 18.4 Å². The average Bonchev–Trinajstić information content (AvgIpc) is 3.19. The second-order valence-corrected chi connectivity index (χ2v) is 5.29. The summed E-state index contributed by atoms with van der Waals surface area (Å²) < 4.78 is 7.45. The molecule has 2 N–H and O–H groups in total. The molecule has 2 heterocycles. The largest absolute Gasteiger partial charge is 0.492 e. The van der Waals surface area contributed by atoms with Crippen molar-refractivity contribution in [1.82, 2.24) is 15.1 Å². The van der Waals surface area contributed by atoms with Crippen molar-refractivity contribution in [3.05, 3.63) is 42.7 Å². The maximum atomic E-state index is 12.1. The second-order valence-electron chi connectivity index (χ2n) is 5.29. The topological polar surface area (TPSA) is 85.2 Å². The first kappa shape index (κ1) is 15.1. The van der Waals surface area contributed by atoms with Gasteiger partial charge in [-0.3, -0.25) is 14.3 Å². The fourth-order valence-corrected chi connectivity index (χ4v) is 2.39. The van der Waals surface area contributed by atoms with Gasteiger partial charge < -0.3 is 15.4 Å². The zero-order chi connectivity index (χ0) is 16.1. The fraction of sp³-hybridized carbons (Fsp3) is 0.312. The van der Waals surface area contributed by atoms with Crippen molar-refractivity contribution in [3.63, 3.8) is 0 Å². The van der Waals surface area contributed by atoms with E-state index in [1.807, 2.05) is 24.4 Å². The maximum Gasteiger partial charge on any atom is 0.246 e. The summed E-state index contributed by atoms with van der Waals surface area (Å²) >= 11 is 0. The van der Waals surface area contributed by atoms with Crippen LogP contribution in [0.25, 0.3) is 0 Å². The van der Waals surface area contributed by atoms with Gasteiger partial charge in [-0.1, -0.05) is 6.07 Å². The Bertz CT molecular complexity index is 684. The zero-order valence-electron chi connectivity index (χ0n) is 12.6. The molecule has 1 aliphatic heterocycles. The van der Waals surface area contributed by atoms with Crippen LogP contribution in [0.1, 0.15) is 12.8 Å². The minimum Gasteiger partial charge on any atom is -0.492 e. The number of ether oxygens (including phenoxy) is 1. The van der Waals surface area contributed by atoms with Crippen LogP contribution in [0.15, 0.2) is 42.7 Å². The molecular formula is C16H18N4O3. The number of nitrogens with zero attached hydrogens (tertiary/aromatic N) is 2. The van der Waals surface area contributed by atoms with Crippen LogP contribution in [0, 0.1) is 0 Å². The lowest BCUT2D eigenvalue weighted by Gasteiger charge is -2.12. The first-order valence-corrected chi connectivity index (χ1v) is 7.51. The van der Waals surface area contributed by atoms with Crippen LogP contribution < -0.4 is 15.4 Å². The van der Waals surface area contributed by atoms with Gasteiger partial charge in [-0.15, -0.1) is 0 Å². The minimum absolute atomic E-state index is 0.0825. The molecular weight excluding hydrogens is 296 g/mol. The lowest BCUT2D eigenvalue weighted by Crippen LogP contribution is -2.37. The van der Waals surface area contributed by atoms with Gasteiger partial charge in [0.2, 0.25) is 11.8 Å². The van der Waals surface area contributed by atoms with Crippen LogP contribution in [-0.4, -0.2) is 34.2 Å². The van der Waals surface area contributed by atoms with E-state index in [4.69, 9.17) is 4.74 Å². The number of rotatable bonds is 6. The highest BCUT2D eigenvalue weighted by atomic mass is 16.5. The van der Waals surface area contributed by atoms with Gasteiger partial charge in [-0.2, -0.15) is 5.10 Å². The van der Waals surface area contributed by atoms with Gasteiger partial charge in [0.05, 0.1) is 6.54 Å².